The molecule has 1 aromatic heterocycles. The quantitative estimate of drug-likeness (QED) is 0.917. The highest BCUT2D eigenvalue weighted by molar-refractivity contribution is 5.79. The molecule has 0 spiro atoms. The smallest absolute Gasteiger partial charge is 0.224 e. The molecule has 1 fully saturated rings. The van der Waals surface area contributed by atoms with Crippen LogP contribution in [0.25, 0.3) is 0 Å². The maximum atomic E-state index is 12.3. The van der Waals surface area contributed by atoms with Gasteiger partial charge >= 0.3 is 0 Å². The summed E-state index contributed by atoms with van der Waals surface area (Å²) in [6, 6.07) is 10.7. The second kappa shape index (κ2) is 7.62. The summed E-state index contributed by atoms with van der Waals surface area (Å²) in [4.78, 5) is 14.8. The molecular formula is C19H25N3O2. The van der Waals surface area contributed by atoms with Gasteiger partial charge in [0.05, 0.1) is 12.1 Å². The molecule has 1 aliphatic rings. The van der Waals surface area contributed by atoms with Crippen molar-refractivity contribution in [1.29, 1.82) is 0 Å². The third-order valence-corrected chi connectivity index (χ3v) is 4.64. The number of hydrogen-bond acceptors (Lipinski definition) is 4. The zero-order chi connectivity index (χ0) is 16.9. The fourth-order valence-electron chi connectivity index (χ4n) is 3.35. The second-order valence-corrected chi connectivity index (χ2v) is 6.61. The predicted molar refractivity (Wildman–Crippen MR) is 92.6 cm³/mol. The summed E-state index contributed by atoms with van der Waals surface area (Å²) < 4.78 is 5.13. The van der Waals surface area contributed by atoms with E-state index in [1.165, 1.54) is 5.56 Å². The van der Waals surface area contributed by atoms with Crippen molar-refractivity contribution in [2.75, 3.05) is 13.1 Å². The number of likely N-dealkylation sites (tertiary alicyclic amines) is 1. The number of aryl methyl sites for hydroxylation is 2. The van der Waals surface area contributed by atoms with E-state index in [4.69, 9.17) is 4.52 Å². The molecule has 1 atom stereocenters. The van der Waals surface area contributed by atoms with Gasteiger partial charge in [-0.15, -0.1) is 0 Å². The van der Waals surface area contributed by atoms with Gasteiger partial charge < -0.3 is 9.84 Å². The Bertz CT molecular complexity index is 662. The summed E-state index contributed by atoms with van der Waals surface area (Å²) in [5.41, 5.74) is 3.03. The largest absolute Gasteiger partial charge is 0.361 e. The minimum absolute atomic E-state index is 0.0518. The number of nitrogens with one attached hydrogen (secondary N) is 1. The highest BCUT2D eigenvalue weighted by atomic mass is 16.5. The van der Waals surface area contributed by atoms with Crippen molar-refractivity contribution >= 4 is 5.91 Å². The molecule has 2 heterocycles. The highest BCUT2D eigenvalue weighted by Gasteiger charge is 2.22. The molecule has 5 nitrogen and oxygen atoms in total. The summed E-state index contributed by atoms with van der Waals surface area (Å²) >= 11 is 0. The Balaban J connectivity index is 1.52. The third kappa shape index (κ3) is 4.23. The SMILES string of the molecule is Cc1noc(C)c1CC(=O)NC1CCCN(Cc2ccccc2)C1. The summed E-state index contributed by atoms with van der Waals surface area (Å²) in [5, 5.41) is 7.09. The molecule has 24 heavy (non-hydrogen) atoms. The maximum absolute atomic E-state index is 12.3. The molecule has 1 amide bonds. The van der Waals surface area contributed by atoms with E-state index < -0.39 is 0 Å². The van der Waals surface area contributed by atoms with Gasteiger partial charge in [0.1, 0.15) is 5.76 Å². The molecule has 0 aliphatic carbocycles. The first-order valence-electron chi connectivity index (χ1n) is 8.59. The van der Waals surface area contributed by atoms with E-state index >= 15 is 0 Å². The van der Waals surface area contributed by atoms with Crippen molar-refractivity contribution < 1.29 is 9.32 Å². The van der Waals surface area contributed by atoms with Crippen molar-refractivity contribution in [1.82, 2.24) is 15.4 Å². The van der Waals surface area contributed by atoms with Gasteiger partial charge in [0, 0.05) is 24.7 Å². The first kappa shape index (κ1) is 16.7. The Morgan fingerprint density at radius 2 is 2.12 bits per heavy atom. The minimum atomic E-state index is 0.0518. The Kier molecular flexibility index (Phi) is 5.30. The molecule has 128 valence electrons. The van der Waals surface area contributed by atoms with E-state index in [1.807, 2.05) is 19.9 Å². The zero-order valence-corrected chi connectivity index (χ0v) is 14.4. The topological polar surface area (TPSA) is 58.4 Å². The number of rotatable bonds is 5. The molecule has 0 bridgehead atoms. The second-order valence-electron chi connectivity index (χ2n) is 6.61. The Labute approximate surface area is 143 Å². The molecule has 1 aliphatic heterocycles. The summed E-state index contributed by atoms with van der Waals surface area (Å²) in [6.45, 7) is 6.66. The van der Waals surface area contributed by atoms with Gasteiger partial charge in [0.2, 0.25) is 5.91 Å². The molecule has 1 unspecified atom stereocenters. The summed E-state index contributed by atoms with van der Waals surface area (Å²) in [7, 11) is 0. The van der Waals surface area contributed by atoms with Gasteiger partial charge in [0.15, 0.2) is 0 Å². The van der Waals surface area contributed by atoms with Crippen LogP contribution >= 0.6 is 0 Å². The van der Waals surface area contributed by atoms with Crippen molar-refractivity contribution in [2.24, 2.45) is 0 Å². The average molecular weight is 327 g/mol. The predicted octanol–water partition coefficient (Wildman–Crippen LogP) is 2.61. The van der Waals surface area contributed by atoms with Crippen LogP contribution in [0, 0.1) is 13.8 Å². The molecule has 1 aromatic carbocycles. The lowest BCUT2D eigenvalue weighted by atomic mass is 10.0. The van der Waals surface area contributed by atoms with Crippen molar-refractivity contribution in [2.45, 2.75) is 45.7 Å². The van der Waals surface area contributed by atoms with Crippen LogP contribution in [0.5, 0.6) is 0 Å². The number of piperidine rings is 1. The maximum Gasteiger partial charge on any atom is 0.224 e. The lowest BCUT2D eigenvalue weighted by Crippen LogP contribution is -2.47. The van der Waals surface area contributed by atoms with Crippen LogP contribution in [0.1, 0.15) is 35.4 Å². The normalized spacial score (nSPS) is 18.5. The van der Waals surface area contributed by atoms with Crippen LogP contribution in [0.15, 0.2) is 34.9 Å². The van der Waals surface area contributed by atoms with E-state index in [2.05, 4.69) is 39.6 Å². The number of amides is 1. The van der Waals surface area contributed by atoms with Crippen LogP contribution < -0.4 is 5.32 Å². The minimum Gasteiger partial charge on any atom is -0.361 e. The number of nitrogens with zero attached hydrogens (tertiary/aromatic N) is 2. The number of benzene rings is 1. The zero-order valence-electron chi connectivity index (χ0n) is 14.4. The molecule has 0 radical (unpaired) electrons. The fourth-order valence-corrected chi connectivity index (χ4v) is 3.35. The monoisotopic (exact) mass is 327 g/mol. The van der Waals surface area contributed by atoms with E-state index in [0.717, 1.165) is 49.5 Å². The first-order valence-corrected chi connectivity index (χ1v) is 8.59. The Morgan fingerprint density at radius 3 is 2.83 bits per heavy atom. The van der Waals surface area contributed by atoms with Crippen LogP contribution in [-0.4, -0.2) is 35.1 Å². The van der Waals surface area contributed by atoms with Gasteiger partial charge in [-0.25, -0.2) is 0 Å². The molecule has 1 saturated heterocycles. The standard InChI is InChI=1S/C19H25N3O2/c1-14-18(15(2)24-21-14)11-19(23)20-17-9-6-10-22(13-17)12-16-7-4-3-5-8-16/h3-5,7-8,17H,6,9-13H2,1-2H3,(H,20,23). The van der Waals surface area contributed by atoms with Crippen LogP contribution in [-0.2, 0) is 17.8 Å². The lowest BCUT2D eigenvalue weighted by Gasteiger charge is -2.33. The van der Waals surface area contributed by atoms with Gasteiger partial charge in [-0.2, -0.15) is 0 Å². The Morgan fingerprint density at radius 1 is 1.33 bits per heavy atom. The number of carbonyl (C=O) groups excluding carboxylic acids is 1. The van der Waals surface area contributed by atoms with E-state index in [0.29, 0.717) is 6.42 Å². The third-order valence-electron chi connectivity index (χ3n) is 4.64. The van der Waals surface area contributed by atoms with E-state index in [1.54, 1.807) is 0 Å². The van der Waals surface area contributed by atoms with E-state index in [-0.39, 0.29) is 11.9 Å². The first-order chi connectivity index (χ1) is 11.6. The van der Waals surface area contributed by atoms with Crippen LogP contribution in [0.2, 0.25) is 0 Å². The van der Waals surface area contributed by atoms with Gasteiger partial charge in [-0.05, 0) is 38.8 Å². The van der Waals surface area contributed by atoms with Crippen molar-refractivity contribution in [3.05, 3.63) is 52.9 Å². The molecule has 3 rings (SSSR count). The van der Waals surface area contributed by atoms with Gasteiger partial charge in [-0.1, -0.05) is 35.5 Å². The molecule has 0 saturated carbocycles. The summed E-state index contributed by atoms with van der Waals surface area (Å²) in [6.07, 6.45) is 2.50. The fraction of sp³-hybridized carbons (Fsp3) is 0.474. The number of hydrogen-bond donors (Lipinski definition) is 1. The molecular weight excluding hydrogens is 302 g/mol. The van der Waals surface area contributed by atoms with Crippen molar-refractivity contribution in [3.63, 3.8) is 0 Å². The summed E-state index contributed by atoms with van der Waals surface area (Å²) in [5.74, 6) is 0.785. The lowest BCUT2D eigenvalue weighted by molar-refractivity contribution is -0.121. The molecule has 1 N–H and O–H groups in total. The Hall–Kier alpha value is -2.14. The van der Waals surface area contributed by atoms with Crippen LogP contribution in [0.3, 0.4) is 0 Å². The number of carbonyl (C=O) groups is 1. The van der Waals surface area contributed by atoms with E-state index in [9.17, 15) is 4.79 Å². The van der Waals surface area contributed by atoms with Gasteiger partial charge in [0.25, 0.3) is 0 Å². The number of aromatic nitrogens is 1. The van der Waals surface area contributed by atoms with Gasteiger partial charge in [-0.3, -0.25) is 9.69 Å². The highest BCUT2D eigenvalue weighted by Crippen LogP contribution is 2.15. The average Bonchev–Trinajstić information content (AvgIpc) is 2.88. The van der Waals surface area contributed by atoms with Crippen molar-refractivity contribution in [3.8, 4) is 0 Å². The molecule has 2 aromatic rings. The van der Waals surface area contributed by atoms with Crippen LogP contribution in [0.4, 0.5) is 0 Å². The molecule has 5 heteroatoms.